The van der Waals surface area contributed by atoms with Crippen molar-refractivity contribution < 1.29 is 27.5 Å². The highest BCUT2D eigenvalue weighted by atomic mass is 32.1. The predicted molar refractivity (Wildman–Crippen MR) is 112 cm³/mol. The Labute approximate surface area is 182 Å². The molecule has 0 N–H and O–H groups in total. The third-order valence-electron chi connectivity index (χ3n) is 4.67. The molecule has 2 heterocycles. The number of amides is 1. The zero-order valence-electron chi connectivity index (χ0n) is 18.0. The molecule has 170 valence electrons. The van der Waals surface area contributed by atoms with Gasteiger partial charge in [-0.25, -0.2) is 9.78 Å². The van der Waals surface area contributed by atoms with Crippen molar-refractivity contribution in [1.29, 1.82) is 0 Å². The largest absolute Gasteiger partial charge is 0.462 e. The van der Waals surface area contributed by atoms with Crippen LogP contribution in [0.5, 0.6) is 0 Å². The Morgan fingerprint density at radius 2 is 2.00 bits per heavy atom. The Kier molecular flexibility index (Phi) is 7.99. The summed E-state index contributed by atoms with van der Waals surface area (Å²) < 4.78 is 46.9. The summed E-state index contributed by atoms with van der Waals surface area (Å²) in [5.74, 6) is -1.66. The minimum absolute atomic E-state index is 0.0785. The molecule has 0 aromatic carbocycles. The number of carbonyl (C=O) groups is 2. The van der Waals surface area contributed by atoms with Gasteiger partial charge in [0.15, 0.2) is 10.8 Å². The molecule has 0 aliphatic rings. The summed E-state index contributed by atoms with van der Waals surface area (Å²) in [5.41, 5.74) is 0.234. The second-order valence-corrected chi connectivity index (χ2v) is 7.67. The van der Waals surface area contributed by atoms with E-state index in [1.165, 1.54) is 17.9 Å². The molecule has 31 heavy (non-hydrogen) atoms. The lowest BCUT2D eigenvalue weighted by Crippen LogP contribution is -2.37. The van der Waals surface area contributed by atoms with Crippen LogP contribution in [0.1, 0.15) is 60.7 Å². The number of aryl methyl sites for hydroxylation is 1. The fourth-order valence-electron chi connectivity index (χ4n) is 2.81. The summed E-state index contributed by atoms with van der Waals surface area (Å²) in [7, 11) is 0. The topological polar surface area (TPSA) is 77.3 Å². The van der Waals surface area contributed by atoms with Crippen LogP contribution in [0.4, 0.5) is 18.3 Å². The number of rotatable bonds is 8. The van der Waals surface area contributed by atoms with Crippen LogP contribution in [0.2, 0.25) is 0 Å². The lowest BCUT2D eigenvalue weighted by atomic mass is 10.2. The van der Waals surface area contributed by atoms with Gasteiger partial charge in [0.1, 0.15) is 4.88 Å². The third kappa shape index (κ3) is 5.52. The molecular weight excluding hydrogens is 433 g/mol. The minimum atomic E-state index is -4.86. The number of aromatic nitrogens is 3. The van der Waals surface area contributed by atoms with Gasteiger partial charge in [0.05, 0.1) is 12.8 Å². The number of ether oxygens (including phenoxy) is 1. The van der Waals surface area contributed by atoms with Crippen LogP contribution < -0.4 is 4.90 Å². The fraction of sp³-hybridized carbons (Fsp3) is 0.500. The van der Waals surface area contributed by atoms with Gasteiger partial charge in [0.2, 0.25) is 0 Å². The normalized spacial score (nSPS) is 12.9. The van der Waals surface area contributed by atoms with Crippen LogP contribution in [-0.2, 0) is 22.3 Å². The van der Waals surface area contributed by atoms with Crippen molar-refractivity contribution in [2.75, 3.05) is 11.5 Å². The van der Waals surface area contributed by atoms with E-state index in [0.29, 0.717) is 24.3 Å². The highest BCUT2D eigenvalue weighted by molar-refractivity contribution is 7.17. The van der Waals surface area contributed by atoms with Gasteiger partial charge in [-0.05, 0) is 40.2 Å². The SMILES string of the molecule is CCOC(=O)c1sc(N(C(=O)C=Cc2cnn(CC)c2C)C(C)CC)nc1C(F)(F)F. The van der Waals surface area contributed by atoms with Gasteiger partial charge in [-0.15, -0.1) is 0 Å². The van der Waals surface area contributed by atoms with Crippen LogP contribution >= 0.6 is 11.3 Å². The minimum Gasteiger partial charge on any atom is -0.462 e. The third-order valence-corrected chi connectivity index (χ3v) is 5.70. The van der Waals surface area contributed by atoms with Crippen molar-refractivity contribution in [1.82, 2.24) is 14.8 Å². The maximum absolute atomic E-state index is 13.5. The van der Waals surface area contributed by atoms with E-state index in [9.17, 15) is 22.8 Å². The molecule has 0 fully saturated rings. The lowest BCUT2D eigenvalue weighted by molar-refractivity contribution is -0.141. The van der Waals surface area contributed by atoms with Crippen LogP contribution in [0, 0.1) is 6.92 Å². The fourth-order valence-corrected chi connectivity index (χ4v) is 3.89. The predicted octanol–water partition coefficient (Wildman–Crippen LogP) is 4.71. The van der Waals surface area contributed by atoms with Crippen molar-refractivity contribution in [2.24, 2.45) is 0 Å². The summed E-state index contributed by atoms with van der Waals surface area (Å²) in [6, 6.07) is -0.445. The molecule has 0 saturated heterocycles. The zero-order chi connectivity index (χ0) is 23.3. The summed E-state index contributed by atoms with van der Waals surface area (Å²) >= 11 is 0.496. The molecule has 2 aromatic heterocycles. The van der Waals surface area contributed by atoms with E-state index < -0.39 is 34.7 Å². The van der Waals surface area contributed by atoms with Crippen LogP contribution in [0.15, 0.2) is 12.3 Å². The first kappa shape index (κ1) is 24.6. The van der Waals surface area contributed by atoms with E-state index in [-0.39, 0.29) is 11.7 Å². The quantitative estimate of drug-likeness (QED) is 0.423. The highest BCUT2D eigenvalue weighted by Gasteiger charge is 2.41. The van der Waals surface area contributed by atoms with E-state index in [1.54, 1.807) is 30.8 Å². The number of nitrogens with zero attached hydrogens (tertiary/aromatic N) is 4. The molecule has 0 spiro atoms. The van der Waals surface area contributed by atoms with Gasteiger partial charge in [0, 0.05) is 29.9 Å². The first-order valence-corrected chi connectivity index (χ1v) is 10.6. The Balaban J connectivity index is 2.46. The molecule has 1 atom stereocenters. The maximum Gasteiger partial charge on any atom is 0.435 e. The molecule has 0 radical (unpaired) electrons. The number of hydrogen-bond donors (Lipinski definition) is 0. The van der Waals surface area contributed by atoms with E-state index in [1.807, 2.05) is 13.8 Å². The Bertz CT molecular complexity index is 966. The Hall–Kier alpha value is -2.69. The molecule has 1 amide bonds. The van der Waals surface area contributed by atoms with Gasteiger partial charge < -0.3 is 4.74 Å². The van der Waals surface area contributed by atoms with Crippen molar-refractivity contribution >= 4 is 34.4 Å². The second kappa shape index (κ2) is 10.1. The molecule has 0 aliphatic heterocycles. The van der Waals surface area contributed by atoms with Crippen molar-refractivity contribution in [3.05, 3.63) is 34.1 Å². The Morgan fingerprint density at radius 3 is 2.52 bits per heavy atom. The summed E-state index contributed by atoms with van der Waals surface area (Å²) in [6.07, 6.45) is 0.0660. The van der Waals surface area contributed by atoms with Gasteiger partial charge in [0.25, 0.3) is 5.91 Å². The van der Waals surface area contributed by atoms with E-state index in [0.717, 1.165) is 11.3 Å². The zero-order valence-corrected chi connectivity index (χ0v) is 18.8. The molecule has 2 aromatic rings. The first-order valence-electron chi connectivity index (χ1n) is 9.83. The molecule has 11 heteroatoms. The van der Waals surface area contributed by atoms with Crippen LogP contribution in [0.3, 0.4) is 0 Å². The van der Waals surface area contributed by atoms with Crippen LogP contribution in [0.25, 0.3) is 6.08 Å². The van der Waals surface area contributed by atoms with Crippen molar-refractivity contribution in [3.8, 4) is 0 Å². The lowest BCUT2D eigenvalue weighted by Gasteiger charge is -2.24. The summed E-state index contributed by atoms with van der Waals surface area (Å²) in [6.45, 7) is 9.38. The van der Waals surface area contributed by atoms with Crippen molar-refractivity contribution in [2.45, 2.75) is 59.8 Å². The summed E-state index contributed by atoms with van der Waals surface area (Å²) in [4.78, 5) is 29.1. The van der Waals surface area contributed by atoms with E-state index in [4.69, 9.17) is 4.74 Å². The van der Waals surface area contributed by atoms with E-state index >= 15 is 0 Å². The molecule has 0 saturated carbocycles. The van der Waals surface area contributed by atoms with Gasteiger partial charge >= 0.3 is 12.1 Å². The maximum atomic E-state index is 13.5. The molecular formula is C20H25F3N4O3S. The number of carbonyl (C=O) groups excluding carboxylic acids is 2. The number of halogens is 3. The molecule has 2 rings (SSSR count). The number of esters is 1. The van der Waals surface area contributed by atoms with Gasteiger partial charge in [-0.3, -0.25) is 14.4 Å². The standard InChI is InChI=1S/C20H25F3N4O3S/c1-6-12(4)27(15(28)10-9-14-11-24-26(7-2)13(14)5)19-25-17(20(21,22)23)16(31-19)18(29)30-8-3/h9-12H,6-8H2,1-5H3. The molecule has 7 nitrogen and oxygen atoms in total. The second-order valence-electron chi connectivity index (χ2n) is 6.69. The van der Waals surface area contributed by atoms with Crippen LogP contribution in [-0.4, -0.2) is 39.3 Å². The first-order chi connectivity index (χ1) is 14.5. The number of alkyl halides is 3. The Morgan fingerprint density at radius 1 is 1.32 bits per heavy atom. The van der Waals surface area contributed by atoms with E-state index in [2.05, 4.69) is 10.1 Å². The number of anilines is 1. The molecule has 0 bridgehead atoms. The van der Waals surface area contributed by atoms with Gasteiger partial charge in [-0.1, -0.05) is 18.3 Å². The highest BCUT2D eigenvalue weighted by Crippen LogP contribution is 2.38. The molecule has 0 aliphatic carbocycles. The smallest absolute Gasteiger partial charge is 0.435 e. The van der Waals surface area contributed by atoms with Crippen molar-refractivity contribution in [3.63, 3.8) is 0 Å². The number of hydrogen-bond acceptors (Lipinski definition) is 6. The average molecular weight is 459 g/mol. The van der Waals surface area contributed by atoms with Gasteiger partial charge in [-0.2, -0.15) is 18.3 Å². The monoisotopic (exact) mass is 458 g/mol. The summed E-state index contributed by atoms with van der Waals surface area (Å²) in [5, 5.41) is 3.99. The molecule has 1 unspecified atom stereocenters. The number of thiazole rings is 1. The average Bonchev–Trinajstić information content (AvgIpc) is 3.30.